The number of hydrogen-bond donors (Lipinski definition) is 2. The van der Waals surface area contributed by atoms with Crippen LogP contribution in [0.15, 0.2) is 18.2 Å². The van der Waals surface area contributed by atoms with Crippen LogP contribution in [0.3, 0.4) is 0 Å². The monoisotopic (exact) mass is 281 g/mol. The molecule has 0 unspecified atom stereocenters. The maximum absolute atomic E-state index is 12.1. The maximum atomic E-state index is 12.1. The fraction of sp³-hybridized carbons (Fsp3) is 0.250. The molecule has 1 atom stereocenters. The van der Waals surface area contributed by atoms with E-state index in [9.17, 15) is 9.50 Å². The van der Waals surface area contributed by atoms with Gasteiger partial charge in [-0.3, -0.25) is 0 Å². The summed E-state index contributed by atoms with van der Waals surface area (Å²) in [6, 6.07) is 4.26. The Balaban J connectivity index is 3.01. The zero-order chi connectivity index (χ0) is 9.14. The Hall–Kier alpha value is -0.360. The first-order valence-corrected chi connectivity index (χ1v) is 4.53. The predicted molar refractivity (Wildman–Crippen MR) is 53.7 cm³/mol. The van der Waals surface area contributed by atoms with Gasteiger partial charge < -0.3 is 10.8 Å². The van der Waals surface area contributed by atoms with Crippen molar-refractivity contribution in [3.05, 3.63) is 27.3 Å². The summed E-state index contributed by atoms with van der Waals surface area (Å²) in [6.07, 6.45) is 0. The number of benzene rings is 1. The number of alkyl halides is 1. The number of nitrogens with two attached hydrogens (primary N) is 1. The molecule has 0 saturated heterocycles. The first-order valence-electron chi connectivity index (χ1n) is 3.45. The minimum absolute atomic E-state index is 0.0621. The summed E-state index contributed by atoms with van der Waals surface area (Å²) < 4.78 is 13.0. The van der Waals surface area contributed by atoms with E-state index in [1.165, 1.54) is 0 Å². The van der Waals surface area contributed by atoms with E-state index in [2.05, 4.69) is 22.6 Å². The lowest BCUT2D eigenvalue weighted by atomic mass is 10.1. The molecule has 0 saturated carbocycles. The van der Waals surface area contributed by atoms with Gasteiger partial charge in [0.1, 0.15) is 12.4 Å². The van der Waals surface area contributed by atoms with E-state index in [-0.39, 0.29) is 5.75 Å². The number of phenolic OH excluding ortho intramolecular Hbond substituents is 1. The van der Waals surface area contributed by atoms with Gasteiger partial charge in [-0.25, -0.2) is 4.39 Å². The number of phenols is 1. The van der Waals surface area contributed by atoms with E-state index in [1.54, 1.807) is 18.2 Å². The average Bonchev–Trinajstić information content (AvgIpc) is 2.03. The second kappa shape index (κ2) is 4.04. The molecule has 4 heteroatoms. The zero-order valence-corrected chi connectivity index (χ0v) is 8.45. The van der Waals surface area contributed by atoms with Gasteiger partial charge in [-0.15, -0.1) is 0 Å². The van der Waals surface area contributed by atoms with E-state index < -0.39 is 12.7 Å². The van der Waals surface area contributed by atoms with Crippen LogP contribution in [0, 0.1) is 3.57 Å². The van der Waals surface area contributed by atoms with Crippen LogP contribution in [-0.2, 0) is 0 Å². The number of rotatable bonds is 2. The molecule has 0 heterocycles. The first kappa shape index (κ1) is 9.73. The van der Waals surface area contributed by atoms with Gasteiger partial charge in [0.15, 0.2) is 0 Å². The Labute approximate surface area is 83.7 Å². The van der Waals surface area contributed by atoms with Crippen LogP contribution in [0.4, 0.5) is 4.39 Å². The molecule has 0 aliphatic carbocycles. The average molecular weight is 281 g/mol. The van der Waals surface area contributed by atoms with Gasteiger partial charge in [0.2, 0.25) is 0 Å². The molecule has 2 nitrogen and oxygen atoms in total. The fourth-order valence-electron chi connectivity index (χ4n) is 0.913. The smallest absolute Gasteiger partial charge is 0.121 e. The Morgan fingerprint density at radius 1 is 1.58 bits per heavy atom. The minimum atomic E-state index is -0.720. The van der Waals surface area contributed by atoms with Gasteiger partial charge in [0.05, 0.1) is 6.04 Å². The molecule has 0 radical (unpaired) electrons. The normalized spacial score (nSPS) is 12.9. The van der Waals surface area contributed by atoms with Gasteiger partial charge >= 0.3 is 0 Å². The second-order valence-corrected chi connectivity index (χ2v) is 3.71. The van der Waals surface area contributed by atoms with Crippen molar-refractivity contribution >= 4 is 22.6 Å². The predicted octanol–water partition coefficient (Wildman–Crippen LogP) is 1.97. The van der Waals surface area contributed by atoms with Gasteiger partial charge in [-0.1, -0.05) is 6.07 Å². The van der Waals surface area contributed by atoms with E-state index in [4.69, 9.17) is 5.73 Å². The van der Waals surface area contributed by atoms with Crippen LogP contribution in [-0.4, -0.2) is 11.8 Å². The molecule has 3 N–H and O–H groups in total. The van der Waals surface area contributed by atoms with E-state index in [0.717, 1.165) is 3.57 Å². The molecular formula is C8H9FINO. The molecule has 0 fully saturated rings. The Kier molecular flexibility index (Phi) is 3.28. The highest BCUT2D eigenvalue weighted by Gasteiger charge is 2.09. The summed E-state index contributed by atoms with van der Waals surface area (Å²) in [5.74, 6) is 0.0621. The van der Waals surface area contributed by atoms with E-state index in [1.807, 2.05) is 0 Å². The van der Waals surface area contributed by atoms with Crippen molar-refractivity contribution in [2.24, 2.45) is 5.73 Å². The third-order valence-electron chi connectivity index (χ3n) is 1.56. The molecule has 0 aliphatic rings. The van der Waals surface area contributed by atoms with Gasteiger partial charge in [0.25, 0.3) is 0 Å². The van der Waals surface area contributed by atoms with Crippen LogP contribution >= 0.6 is 22.6 Å². The molecule has 66 valence electrons. The number of halogens is 2. The lowest BCUT2D eigenvalue weighted by Gasteiger charge is -2.09. The summed E-state index contributed by atoms with van der Waals surface area (Å²) in [4.78, 5) is 0. The van der Waals surface area contributed by atoms with Crippen molar-refractivity contribution in [2.45, 2.75) is 6.04 Å². The highest BCUT2D eigenvalue weighted by atomic mass is 127. The van der Waals surface area contributed by atoms with Crippen molar-refractivity contribution in [3.63, 3.8) is 0 Å². The summed E-state index contributed by atoms with van der Waals surface area (Å²) in [5, 5.41) is 9.34. The highest BCUT2D eigenvalue weighted by Crippen LogP contribution is 2.24. The van der Waals surface area contributed by atoms with Crippen LogP contribution in [0.1, 0.15) is 11.6 Å². The molecule has 0 aliphatic heterocycles. The molecule has 1 aromatic carbocycles. The van der Waals surface area contributed by atoms with Crippen LogP contribution in [0.2, 0.25) is 0 Å². The van der Waals surface area contributed by atoms with E-state index in [0.29, 0.717) is 5.56 Å². The standard InChI is InChI=1S/C8H9FINO/c9-4-7(11)6-2-1-5(10)3-8(6)12/h1-3,7,12H,4,11H2/t7-/m0/s1. The Morgan fingerprint density at radius 3 is 2.75 bits per heavy atom. The van der Waals surface area contributed by atoms with Crippen LogP contribution < -0.4 is 5.73 Å². The van der Waals surface area contributed by atoms with Crippen molar-refractivity contribution in [3.8, 4) is 5.75 Å². The topological polar surface area (TPSA) is 46.2 Å². The third kappa shape index (κ3) is 2.07. The Morgan fingerprint density at radius 2 is 2.25 bits per heavy atom. The molecule has 12 heavy (non-hydrogen) atoms. The zero-order valence-electron chi connectivity index (χ0n) is 6.30. The first-order chi connectivity index (χ1) is 5.65. The largest absolute Gasteiger partial charge is 0.508 e. The fourth-order valence-corrected chi connectivity index (χ4v) is 1.39. The minimum Gasteiger partial charge on any atom is -0.508 e. The molecule has 1 aromatic rings. The highest BCUT2D eigenvalue weighted by molar-refractivity contribution is 14.1. The number of aromatic hydroxyl groups is 1. The molecule has 0 amide bonds. The molecular weight excluding hydrogens is 272 g/mol. The van der Waals surface area contributed by atoms with Crippen LogP contribution in [0.5, 0.6) is 5.75 Å². The van der Waals surface area contributed by atoms with Gasteiger partial charge in [0, 0.05) is 9.13 Å². The van der Waals surface area contributed by atoms with Gasteiger partial charge in [-0.05, 0) is 34.7 Å². The Bertz CT molecular complexity index is 280. The quantitative estimate of drug-likeness (QED) is 0.814. The number of hydrogen-bond acceptors (Lipinski definition) is 2. The summed E-state index contributed by atoms with van der Waals surface area (Å²) in [5.41, 5.74) is 5.86. The lowest BCUT2D eigenvalue weighted by Crippen LogP contribution is -2.12. The maximum Gasteiger partial charge on any atom is 0.121 e. The van der Waals surface area contributed by atoms with Gasteiger partial charge in [-0.2, -0.15) is 0 Å². The second-order valence-electron chi connectivity index (χ2n) is 2.46. The summed E-state index contributed by atoms with van der Waals surface area (Å²) in [6.45, 7) is -0.659. The molecule has 0 aromatic heterocycles. The third-order valence-corrected chi connectivity index (χ3v) is 2.23. The molecule has 0 spiro atoms. The van der Waals surface area contributed by atoms with Crippen molar-refractivity contribution in [1.82, 2.24) is 0 Å². The molecule has 0 bridgehead atoms. The summed E-state index contributed by atoms with van der Waals surface area (Å²) in [7, 11) is 0. The van der Waals surface area contributed by atoms with E-state index >= 15 is 0 Å². The van der Waals surface area contributed by atoms with Crippen molar-refractivity contribution in [2.75, 3.05) is 6.67 Å². The van der Waals surface area contributed by atoms with Crippen LogP contribution in [0.25, 0.3) is 0 Å². The molecule has 1 rings (SSSR count). The van der Waals surface area contributed by atoms with Crippen molar-refractivity contribution < 1.29 is 9.50 Å². The summed E-state index contributed by atoms with van der Waals surface area (Å²) >= 11 is 2.06. The SMILES string of the molecule is N[C@@H](CF)c1ccc(I)cc1O. The van der Waals surface area contributed by atoms with Crippen molar-refractivity contribution in [1.29, 1.82) is 0 Å². The lowest BCUT2D eigenvalue weighted by molar-refractivity contribution is 0.414.